The molecule has 0 fully saturated rings. The van der Waals surface area contributed by atoms with E-state index in [-0.39, 0.29) is 18.4 Å². The Morgan fingerprint density at radius 2 is 1.76 bits per heavy atom. The van der Waals surface area contributed by atoms with Gasteiger partial charge in [-0.15, -0.1) is 0 Å². The zero-order valence-corrected chi connectivity index (χ0v) is 12.2. The van der Waals surface area contributed by atoms with E-state index < -0.39 is 5.97 Å². The highest BCUT2D eigenvalue weighted by Crippen LogP contribution is 2.09. The highest BCUT2D eigenvalue weighted by atomic mass is 16.5. The third-order valence-electron chi connectivity index (χ3n) is 2.40. The summed E-state index contributed by atoms with van der Waals surface area (Å²) in [6.45, 7) is 4.99. The predicted octanol–water partition coefficient (Wildman–Crippen LogP) is 1.84. The minimum atomic E-state index is -0.503. The molecule has 1 aromatic carbocycles. The Kier molecular flexibility index (Phi) is 6.13. The summed E-state index contributed by atoms with van der Waals surface area (Å²) in [5, 5.41) is 5.19. The number of nitrogens with one attached hydrogen (secondary N) is 2. The highest BCUT2D eigenvalue weighted by molar-refractivity contribution is 5.97. The molecule has 0 saturated heterocycles. The van der Waals surface area contributed by atoms with E-state index in [2.05, 4.69) is 10.6 Å². The largest absolute Gasteiger partial charge is 0.463 e. The Labute approximate surface area is 123 Å². The Bertz CT molecular complexity index is 562. The summed E-state index contributed by atoms with van der Waals surface area (Å²) < 4.78 is 4.75. The number of esters is 1. The lowest BCUT2D eigenvalue weighted by Gasteiger charge is -2.07. The van der Waals surface area contributed by atoms with Crippen molar-refractivity contribution >= 4 is 23.5 Å². The van der Waals surface area contributed by atoms with Gasteiger partial charge in [0.05, 0.1) is 6.61 Å². The third kappa shape index (κ3) is 5.90. The molecule has 21 heavy (non-hydrogen) atoms. The molecule has 6 nitrogen and oxygen atoms in total. The second-order valence-corrected chi connectivity index (χ2v) is 4.29. The Morgan fingerprint density at radius 1 is 1.14 bits per heavy atom. The minimum Gasteiger partial charge on any atom is -0.463 e. The van der Waals surface area contributed by atoms with E-state index in [1.165, 1.54) is 13.0 Å². The van der Waals surface area contributed by atoms with Gasteiger partial charge in [0.25, 0.3) is 5.91 Å². The molecule has 0 heterocycles. The summed E-state index contributed by atoms with van der Waals surface area (Å²) >= 11 is 0. The first kappa shape index (κ1) is 16.4. The van der Waals surface area contributed by atoms with Crippen LogP contribution >= 0.6 is 0 Å². The molecule has 0 aliphatic rings. The Hall–Kier alpha value is -2.63. The number of ether oxygens (including phenoxy) is 1. The maximum Gasteiger partial charge on any atom is 0.332 e. The monoisotopic (exact) mass is 290 g/mol. The number of anilines is 1. The first-order valence-corrected chi connectivity index (χ1v) is 6.46. The third-order valence-corrected chi connectivity index (χ3v) is 2.40. The molecule has 1 rings (SSSR count). The van der Waals surface area contributed by atoms with Crippen LogP contribution in [0.1, 0.15) is 31.1 Å². The van der Waals surface area contributed by atoms with Crippen molar-refractivity contribution in [3.8, 4) is 0 Å². The fraction of sp³-hybridized carbons (Fsp3) is 0.267. The van der Waals surface area contributed by atoms with E-state index in [9.17, 15) is 14.4 Å². The molecular weight excluding hydrogens is 272 g/mol. The minimum absolute atomic E-state index is 0.180. The highest BCUT2D eigenvalue weighted by Gasteiger charge is 2.07. The van der Waals surface area contributed by atoms with E-state index in [4.69, 9.17) is 4.74 Å². The summed E-state index contributed by atoms with van der Waals surface area (Å²) in [5.74, 6) is -1.03. The van der Waals surface area contributed by atoms with Crippen molar-refractivity contribution in [1.29, 1.82) is 0 Å². The van der Waals surface area contributed by atoms with Crippen molar-refractivity contribution in [2.24, 2.45) is 0 Å². The van der Waals surface area contributed by atoms with E-state index in [1.54, 1.807) is 38.1 Å². The molecule has 0 atom stereocenters. The van der Waals surface area contributed by atoms with Crippen molar-refractivity contribution in [3.63, 3.8) is 0 Å². The summed E-state index contributed by atoms with van der Waals surface area (Å²) in [6, 6.07) is 6.41. The molecule has 112 valence electrons. The van der Waals surface area contributed by atoms with Gasteiger partial charge in [0.1, 0.15) is 0 Å². The van der Waals surface area contributed by atoms with Gasteiger partial charge >= 0.3 is 5.97 Å². The van der Waals surface area contributed by atoms with Gasteiger partial charge in [0.15, 0.2) is 0 Å². The average molecular weight is 290 g/mol. The average Bonchev–Trinajstić information content (AvgIpc) is 2.38. The van der Waals surface area contributed by atoms with Gasteiger partial charge in [-0.25, -0.2) is 4.79 Å². The fourth-order valence-electron chi connectivity index (χ4n) is 1.56. The molecule has 6 heteroatoms. The number of allylic oxidation sites excluding steroid dienone is 1. The fourth-order valence-corrected chi connectivity index (χ4v) is 1.56. The summed E-state index contributed by atoms with van der Waals surface area (Å²) in [7, 11) is 0. The van der Waals surface area contributed by atoms with Crippen LogP contribution in [0.4, 0.5) is 5.69 Å². The van der Waals surface area contributed by atoms with Crippen molar-refractivity contribution in [2.45, 2.75) is 20.8 Å². The summed E-state index contributed by atoms with van der Waals surface area (Å²) in [5.41, 5.74) is 1.42. The lowest BCUT2D eigenvalue weighted by molar-refractivity contribution is -0.137. The van der Waals surface area contributed by atoms with Crippen LogP contribution in [0.2, 0.25) is 0 Å². The second-order valence-electron chi connectivity index (χ2n) is 4.29. The molecule has 0 unspecified atom stereocenters. The molecule has 0 aromatic heterocycles. The number of carbonyl (C=O) groups excluding carboxylic acids is 3. The quantitative estimate of drug-likeness (QED) is 0.640. The maximum atomic E-state index is 11.9. The lowest BCUT2D eigenvalue weighted by Crippen LogP contribution is -2.22. The molecule has 0 bridgehead atoms. The molecular formula is C15H18N2O4. The molecule has 2 amide bonds. The lowest BCUT2D eigenvalue weighted by atomic mass is 10.2. The van der Waals surface area contributed by atoms with E-state index >= 15 is 0 Å². The number of hydrogen-bond donors (Lipinski definition) is 2. The topological polar surface area (TPSA) is 84.5 Å². The van der Waals surface area contributed by atoms with Crippen LogP contribution in [0.25, 0.3) is 0 Å². The number of amides is 2. The number of hydrogen-bond acceptors (Lipinski definition) is 4. The van der Waals surface area contributed by atoms with Gasteiger partial charge in [-0.05, 0) is 38.1 Å². The molecule has 0 spiro atoms. The van der Waals surface area contributed by atoms with Crippen molar-refractivity contribution in [3.05, 3.63) is 41.6 Å². The maximum absolute atomic E-state index is 11.9. The van der Waals surface area contributed by atoms with Gasteiger partial charge in [-0.3, -0.25) is 9.59 Å². The van der Waals surface area contributed by atoms with Gasteiger partial charge in [-0.1, -0.05) is 0 Å². The van der Waals surface area contributed by atoms with Crippen LogP contribution in [0, 0.1) is 0 Å². The van der Waals surface area contributed by atoms with Gasteiger partial charge in [0.2, 0.25) is 5.91 Å². The zero-order valence-electron chi connectivity index (χ0n) is 12.2. The van der Waals surface area contributed by atoms with E-state index in [1.807, 2.05) is 0 Å². The van der Waals surface area contributed by atoms with Crippen LogP contribution in [-0.2, 0) is 14.3 Å². The van der Waals surface area contributed by atoms with Crippen molar-refractivity contribution < 1.29 is 19.1 Å². The summed E-state index contributed by atoms with van der Waals surface area (Å²) in [6.07, 6.45) is 1.22. The molecule has 0 aliphatic carbocycles. The van der Waals surface area contributed by atoms with E-state index in [0.29, 0.717) is 16.9 Å². The zero-order chi connectivity index (χ0) is 15.8. The SMILES string of the molecule is CCOC(=O)C=C(C)NC(=O)c1ccc(NC(C)=O)cc1. The van der Waals surface area contributed by atoms with E-state index in [0.717, 1.165) is 0 Å². The Morgan fingerprint density at radius 3 is 2.29 bits per heavy atom. The molecule has 0 saturated carbocycles. The molecule has 0 radical (unpaired) electrons. The van der Waals surface area contributed by atoms with Crippen LogP contribution < -0.4 is 10.6 Å². The van der Waals surface area contributed by atoms with Crippen LogP contribution in [0.5, 0.6) is 0 Å². The Balaban J connectivity index is 2.67. The summed E-state index contributed by atoms with van der Waals surface area (Å²) in [4.78, 5) is 34.1. The van der Waals surface area contributed by atoms with Crippen LogP contribution in [0.15, 0.2) is 36.0 Å². The van der Waals surface area contributed by atoms with Crippen LogP contribution in [0.3, 0.4) is 0 Å². The second kappa shape index (κ2) is 7.84. The van der Waals surface area contributed by atoms with Gasteiger partial charge in [-0.2, -0.15) is 0 Å². The normalized spacial score (nSPS) is 10.7. The van der Waals surface area contributed by atoms with Crippen molar-refractivity contribution in [1.82, 2.24) is 5.32 Å². The molecule has 1 aromatic rings. The first-order valence-electron chi connectivity index (χ1n) is 6.46. The van der Waals surface area contributed by atoms with Gasteiger partial charge in [0, 0.05) is 29.9 Å². The first-order chi connectivity index (χ1) is 9.92. The molecule has 0 aliphatic heterocycles. The number of rotatable bonds is 5. The molecule has 2 N–H and O–H groups in total. The van der Waals surface area contributed by atoms with Crippen LogP contribution in [-0.4, -0.2) is 24.4 Å². The van der Waals surface area contributed by atoms with Gasteiger partial charge < -0.3 is 15.4 Å². The number of benzene rings is 1. The number of carbonyl (C=O) groups is 3. The standard InChI is InChI=1S/C15H18N2O4/c1-4-21-14(19)9-10(2)16-15(20)12-5-7-13(8-6-12)17-11(3)18/h5-9H,4H2,1-3H3,(H,16,20)(H,17,18). The van der Waals surface area contributed by atoms with Crippen molar-refractivity contribution in [2.75, 3.05) is 11.9 Å². The predicted molar refractivity (Wildman–Crippen MR) is 78.6 cm³/mol. The smallest absolute Gasteiger partial charge is 0.332 e.